The molecule has 0 spiro atoms. The van der Waals surface area contributed by atoms with E-state index in [0.717, 1.165) is 13.1 Å². The van der Waals surface area contributed by atoms with Gasteiger partial charge in [-0.1, -0.05) is 32.0 Å². The maximum Gasteiger partial charge on any atom is 0.0671 e. The highest BCUT2D eigenvalue weighted by Crippen LogP contribution is 2.21. The minimum Gasteiger partial charge on any atom is -0.358 e. The number of nitriles is 1. The van der Waals surface area contributed by atoms with Crippen LogP contribution in [-0.2, 0) is 6.54 Å². The fourth-order valence-electron chi connectivity index (χ4n) is 2.35. The lowest BCUT2D eigenvalue weighted by Gasteiger charge is -2.13. The average Bonchev–Trinajstić information content (AvgIpc) is 2.70. The molecule has 1 heterocycles. The van der Waals surface area contributed by atoms with Gasteiger partial charge in [0.15, 0.2) is 0 Å². The van der Waals surface area contributed by atoms with Crippen molar-refractivity contribution in [1.29, 1.82) is 5.26 Å². The number of benzene rings is 1. The van der Waals surface area contributed by atoms with Crippen LogP contribution in [0.3, 0.4) is 0 Å². The quantitative estimate of drug-likeness (QED) is 0.860. The second kappa shape index (κ2) is 5.90. The number of H-pyrrole nitrogens is 1. The highest BCUT2D eigenvalue weighted by atomic mass is 14.9. The zero-order valence-corrected chi connectivity index (χ0v) is 11.8. The minimum atomic E-state index is 0.0745. The van der Waals surface area contributed by atoms with E-state index in [0.29, 0.717) is 5.92 Å². The lowest BCUT2D eigenvalue weighted by Crippen LogP contribution is -2.25. The van der Waals surface area contributed by atoms with E-state index in [1.54, 1.807) is 0 Å². The third kappa shape index (κ3) is 2.97. The first-order valence-corrected chi connectivity index (χ1v) is 6.80. The number of aromatic amines is 1. The molecule has 3 heteroatoms. The monoisotopic (exact) mass is 255 g/mol. The van der Waals surface area contributed by atoms with E-state index in [4.69, 9.17) is 5.26 Å². The van der Waals surface area contributed by atoms with Crippen LogP contribution in [0.4, 0.5) is 0 Å². The van der Waals surface area contributed by atoms with Gasteiger partial charge in [0.2, 0.25) is 0 Å². The number of para-hydroxylation sites is 1. The van der Waals surface area contributed by atoms with Crippen LogP contribution in [0.2, 0.25) is 0 Å². The minimum absolute atomic E-state index is 0.0745. The summed E-state index contributed by atoms with van der Waals surface area (Å²) >= 11 is 0. The van der Waals surface area contributed by atoms with E-state index in [1.807, 2.05) is 6.07 Å². The summed E-state index contributed by atoms with van der Waals surface area (Å²) in [6, 6.07) is 10.7. The molecule has 2 N–H and O–H groups in total. The van der Waals surface area contributed by atoms with Gasteiger partial charge in [-0.05, 0) is 24.5 Å². The molecule has 1 aromatic heterocycles. The van der Waals surface area contributed by atoms with Gasteiger partial charge in [-0.25, -0.2) is 0 Å². The van der Waals surface area contributed by atoms with Crippen molar-refractivity contribution in [2.24, 2.45) is 11.8 Å². The number of aromatic nitrogens is 1. The molecule has 0 bridgehead atoms. The zero-order chi connectivity index (χ0) is 13.8. The van der Waals surface area contributed by atoms with Gasteiger partial charge in [0.05, 0.1) is 12.0 Å². The average molecular weight is 255 g/mol. The summed E-state index contributed by atoms with van der Waals surface area (Å²) in [6.07, 6.45) is 0. The Morgan fingerprint density at radius 3 is 2.74 bits per heavy atom. The molecule has 1 aromatic carbocycles. The molecule has 1 atom stereocenters. The SMILES string of the molecule is Cc1[nH]c2ccccc2c1CNCC(C#N)C(C)C. The van der Waals surface area contributed by atoms with Gasteiger partial charge in [-0.3, -0.25) is 0 Å². The van der Waals surface area contributed by atoms with E-state index in [2.05, 4.69) is 55.3 Å². The lowest BCUT2D eigenvalue weighted by atomic mass is 9.97. The Morgan fingerprint density at radius 2 is 2.05 bits per heavy atom. The number of nitrogens with zero attached hydrogens (tertiary/aromatic N) is 1. The van der Waals surface area contributed by atoms with Gasteiger partial charge in [-0.2, -0.15) is 5.26 Å². The van der Waals surface area contributed by atoms with Gasteiger partial charge in [0.1, 0.15) is 0 Å². The molecule has 0 aliphatic rings. The Morgan fingerprint density at radius 1 is 1.32 bits per heavy atom. The van der Waals surface area contributed by atoms with E-state index in [-0.39, 0.29) is 5.92 Å². The lowest BCUT2D eigenvalue weighted by molar-refractivity contribution is 0.442. The smallest absolute Gasteiger partial charge is 0.0671 e. The number of aryl methyl sites for hydroxylation is 1. The van der Waals surface area contributed by atoms with Crippen molar-refractivity contribution in [2.45, 2.75) is 27.3 Å². The third-order valence-electron chi connectivity index (χ3n) is 3.66. The second-order valence-corrected chi connectivity index (χ2v) is 5.38. The molecular formula is C16H21N3. The van der Waals surface area contributed by atoms with Crippen molar-refractivity contribution in [3.05, 3.63) is 35.5 Å². The number of fused-ring (bicyclic) bond motifs is 1. The van der Waals surface area contributed by atoms with E-state index < -0.39 is 0 Å². The highest BCUT2D eigenvalue weighted by Gasteiger charge is 2.13. The Labute approximate surface area is 114 Å². The maximum atomic E-state index is 9.08. The van der Waals surface area contributed by atoms with Gasteiger partial charge in [-0.15, -0.1) is 0 Å². The van der Waals surface area contributed by atoms with Crippen LogP contribution < -0.4 is 5.32 Å². The van der Waals surface area contributed by atoms with Crippen molar-refractivity contribution in [2.75, 3.05) is 6.54 Å². The largest absolute Gasteiger partial charge is 0.358 e. The molecule has 0 aliphatic carbocycles. The Kier molecular flexibility index (Phi) is 4.24. The van der Waals surface area contributed by atoms with Crippen LogP contribution in [0.15, 0.2) is 24.3 Å². The second-order valence-electron chi connectivity index (χ2n) is 5.38. The summed E-state index contributed by atoms with van der Waals surface area (Å²) in [5, 5.41) is 13.8. The van der Waals surface area contributed by atoms with Crippen LogP contribution in [0.25, 0.3) is 10.9 Å². The van der Waals surface area contributed by atoms with Crippen LogP contribution in [0, 0.1) is 30.1 Å². The molecule has 2 aromatic rings. The van der Waals surface area contributed by atoms with Crippen molar-refractivity contribution < 1.29 is 0 Å². The highest BCUT2D eigenvalue weighted by molar-refractivity contribution is 5.84. The predicted molar refractivity (Wildman–Crippen MR) is 78.7 cm³/mol. The molecule has 0 aliphatic heterocycles. The number of nitrogens with one attached hydrogen (secondary N) is 2. The summed E-state index contributed by atoms with van der Waals surface area (Å²) < 4.78 is 0. The summed E-state index contributed by atoms with van der Waals surface area (Å²) in [4.78, 5) is 3.40. The van der Waals surface area contributed by atoms with Crippen molar-refractivity contribution in [3.63, 3.8) is 0 Å². The van der Waals surface area contributed by atoms with Crippen molar-refractivity contribution >= 4 is 10.9 Å². The Hall–Kier alpha value is -1.79. The molecule has 2 rings (SSSR count). The van der Waals surface area contributed by atoms with Crippen LogP contribution in [0.5, 0.6) is 0 Å². The third-order valence-corrected chi connectivity index (χ3v) is 3.66. The topological polar surface area (TPSA) is 51.6 Å². The van der Waals surface area contributed by atoms with Gasteiger partial charge in [0.25, 0.3) is 0 Å². The molecule has 0 amide bonds. The summed E-state index contributed by atoms with van der Waals surface area (Å²) in [5.74, 6) is 0.465. The molecule has 0 saturated heterocycles. The number of hydrogen-bond donors (Lipinski definition) is 2. The molecule has 1 unspecified atom stereocenters. The van der Waals surface area contributed by atoms with Gasteiger partial charge >= 0.3 is 0 Å². The molecule has 19 heavy (non-hydrogen) atoms. The van der Waals surface area contributed by atoms with Gasteiger partial charge in [0, 0.05) is 29.7 Å². The summed E-state index contributed by atoms with van der Waals surface area (Å²) in [6.45, 7) is 7.83. The number of hydrogen-bond acceptors (Lipinski definition) is 2. The Balaban J connectivity index is 2.06. The predicted octanol–water partition coefficient (Wildman–Crippen LogP) is 3.36. The van der Waals surface area contributed by atoms with E-state index in [1.165, 1.54) is 22.2 Å². The van der Waals surface area contributed by atoms with Crippen LogP contribution in [-0.4, -0.2) is 11.5 Å². The molecule has 0 saturated carbocycles. The first-order chi connectivity index (χ1) is 9.13. The molecule has 100 valence electrons. The first kappa shape index (κ1) is 13.6. The fraction of sp³-hybridized carbons (Fsp3) is 0.438. The summed E-state index contributed by atoms with van der Waals surface area (Å²) in [7, 11) is 0. The molecule has 3 nitrogen and oxygen atoms in total. The standard InChI is InChI=1S/C16H21N3/c1-11(2)13(8-17)9-18-10-15-12(3)19-16-7-5-4-6-14(15)16/h4-7,11,13,18-19H,9-10H2,1-3H3. The van der Waals surface area contributed by atoms with E-state index >= 15 is 0 Å². The summed E-state index contributed by atoms with van der Waals surface area (Å²) in [5.41, 5.74) is 3.68. The van der Waals surface area contributed by atoms with Crippen molar-refractivity contribution in [3.8, 4) is 6.07 Å². The fourth-order valence-corrected chi connectivity index (χ4v) is 2.35. The molecular weight excluding hydrogens is 234 g/mol. The molecule has 0 fully saturated rings. The van der Waals surface area contributed by atoms with Crippen LogP contribution >= 0.6 is 0 Å². The Bertz CT molecular complexity index is 590. The number of rotatable bonds is 5. The van der Waals surface area contributed by atoms with Crippen molar-refractivity contribution in [1.82, 2.24) is 10.3 Å². The normalized spacial score (nSPS) is 12.8. The van der Waals surface area contributed by atoms with Gasteiger partial charge < -0.3 is 10.3 Å². The van der Waals surface area contributed by atoms with E-state index in [9.17, 15) is 0 Å². The van der Waals surface area contributed by atoms with Crippen LogP contribution in [0.1, 0.15) is 25.1 Å². The maximum absolute atomic E-state index is 9.08. The zero-order valence-electron chi connectivity index (χ0n) is 11.8. The first-order valence-electron chi connectivity index (χ1n) is 6.80. The molecule has 0 radical (unpaired) electrons.